The van der Waals surface area contributed by atoms with Crippen LogP contribution in [0.4, 0.5) is 0 Å². The Morgan fingerprint density at radius 2 is 2.26 bits per heavy atom. The van der Waals surface area contributed by atoms with Gasteiger partial charge in [0.05, 0.1) is 24.0 Å². The lowest BCUT2D eigenvalue weighted by Crippen LogP contribution is -2.43. The monoisotopic (exact) mass is 267 g/mol. The maximum atomic E-state index is 5.74. The van der Waals surface area contributed by atoms with Crippen LogP contribution < -0.4 is 10.1 Å². The standard InChI is InChI=1S/C14H25N3O2/c1-10-12(13(18-5)17(4)16-10)9-15-11-6-7-19-14(2,3)8-11/h11,15H,6-9H2,1-5H3. The summed E-state index contributed by atoms with van der Waals surface area (Å²) in [6.45, 7) is 7.94. The van der Waals surface area contributed by atoms with Gasteiger partial charge in [0.2, 0.25) is 5.88 Å². The predicted molar refractivity (Wildman–Crippen MR) is 74.4 cm³/mol. The smallest absolute Gasteiger partial charge is 0.216 e. The molecule has 1 atom stereocenters. The van der Waals surface area contributed by atoms with Gasteiger partial charge < -0.3 is 14.8 Å². The Kier molecular flexibility index (Phi) is 4.16. The van der Waals surface area contributed by atoms with Crippen molar-refractivity contribution in [2.24, 2.45) is 7.05 Å². The zero-order chi connectivity index (χ0) is 14.0. The summed E-state index contributed by atoms with van der Waals surface area (Å²) in [5.41, 5.74) is 2.15. The van der Waals surface area contributed by atoms with Crippen LogP contribution in [0.2, 0.25) is 0 Å². The van der Waals surface area contributed by atoms with E-state index in [0.717, 1.165) is 43.1 Å². The fraction of sp³-hybridized carbons (Fsp3) is 0.786. The van der Waals surface area contributed by atoms with Gasteiger partial charge in [-0.05, 0) is 33.6 Å². The number of methoxy groups -OCH3 is 1. The van der Waals surface area contributed by atoms with Crippen molar-refractivity contribution in [3.63, 3.8) is 0 Å². The zero-order valence-corrected chi connectivity index (χ0v) is 12.6. The van der Waals surface area contributed by atoms with Crippen LogP contribution in [0.25, 0.3) is 0 Å². The minimum Gasteiger partial charge on any atom is -0.481 e. The minimum absolute atomic E-state index is 0.0238. The Balaban J connectivity index is 1.99. The maximum Gasteiger partial charge on any atom is 0.216 e. The second-order valence-corrected chi connectivity index (χ2v) is 5.88. The van der Waals surface area contributed by atoms with Crippen molar-refractivity contribution in [3.8, 4) is 5.88 Å². The number of nitrogens with zero attached hydrogens (tertiary/aromatic N) is 2. The first-order valence-electron chi connectivity index (χ1n) is 6.87. The summed E-state index contributed by atoms with van der Waals surface area (Å²) in [5, 5.41) is 8.01. The Morgan fingerprint density at radius 1 is 1.53 bits per heavy atom. The van der Waals surface area contributed by atoms with Crippen molar-refractivity contribution in [1.82, 2.24) is 15.1 Å². The van der Waals surface area contributed by atoms with E-state index in [1.54, 1.807) is 11.8 Å². The summed E-state index contributed by atoms with van der Waals surface area (Å²) in [7, 11) is 3.60. The molecule has 0 spiro atoms. The number of aromatic nitrogens is 2. The molecular formula is C14H25N3O2. The van der Waals surface area contributed by atoms with Gasteiger partial charge in [-0.2, -0.15) is 5.10 Å². The van der Waals surface area contributed by atoms with Gasteiger partial charge in [0, 0.05) is 26.2 Å². The van der Waals surface area contributed by atoms with Crippen LogP contribution in [0.3, 0.4) is 0 Å². The molecule has 1 aliphatic rings. The van der Waals surface area contributed by atoms with Gasteiger partial charge in [0.1, 0.15) is 0 Å². The van der Waals surface area contributed by atoms with Crippen LogP contribution in [-0.2, 0) is 18.3 Å². The van der Waals surface area contributed by atoms with E-state index < -0.39 is 0 Å². The third kappa shape index (κ3) is 3.28. The third-order valence-electron chi connectivity index (χ3n) is 3.75. The molecule has 108 valence electrons. The summed E-state index contributed by atoms with van der Waals surface area (Å²) in [5.74, 6) is 0.844. The topological polar surface area (TPSA) is 48.3 Å². The van der Waals surface area contributed by atoms with Crippen LogP contribution in [0.15, 0.2) is 0 Å². The second kappa shape index (κ2) is 5.51. The van der Waals surface area contributed by atoms with E-state index in [1.807, 2.05) is 14.0 Å². The molecule has 1 N–H and O–H groups in total. The highest BCUT2D eigenvalue weighted by Gasteiger charge is 2.28. The molecule has 5 nitrogen and oxygen atoms in total. The van der Waals surface area contributed by atoms with Crippen LogP contribution in [0, 0.1) is 6.92 Å². The minimum atomic E-state index is -0.0238. The molecule has 0 aromatic carbocycles. The number of ether oxygens (including phenoxy) is 2. The Bertz CT molecular complexity index is 440. The van der Waals surface area contributed by atoms with E-state index in [2.05, 4.69) is 24.3 Å². The molecule has 0 aliphatic carbocycles. The lowest BCUT2D eigenvalue weighted by Gasteiger charge is -2.36. The molecule has 1 aromatic heterocycles. The first-order chi connectivity index (χ1) is 8.93. The van der Waals surface area contributed by atoms with Gasteiger partial charge >= 0.3 is 0 Å². The largest absolute Gasteiger partial charge is 0.481 e. The quantitative estimate of drug-likeness (QED) is 0.903. The van der Waals surface area contributed by atoms with Crippen molar-refractivity contribution >= 4 is 0 Å². The highest BCUT2D eigenvalue weighted by molar-refractivity contribution is 5.30. The average molecular weight is 267 g/mol. The van der Waals surface area contributed by atoms with Crippen molar-refractivity contribution in [2.45, 2.75) is 51.8 Å². The van der Waals surface area contributed by atoms with Gasteiger partial charge in [-0.1, -0.05) is 0 Å². The van der Waals surface area contributed by atoms with Gasteiger partial charge in [0.25, 0.3) is 0 Å². The van der Waals surface area contributed by atoms with Crippen molar-refractivity contribution in [1.29, 1.82) is 0 Å². The average Bonchev–Trinajstić information content (AvgIpc) is 2.59. The lowest BCUT2D eigenvalue weighted by molar-refractivity contribution is -0.0630. The van der Waals surface area contributed by atoms with Crippen LogP contribution >= 0.6 is 0 Å². The van der Waals surface area contributed by atoms with E-state index in [-0.39, 0.29) is 5.60 Å². The molecule has 0 amide bonds. The molecule has 2 heterocycles. The van der Waals surface area contributed by atoms with E-state index >= 15 is 0 Å². The molecule has 1 fully saturated rings. The van der Waals surface area contributed by atoms with Crippen molar-refractivity contribution < 1.29 is 9.47 Å². The second-order valence-electron chi connectivity index (χ2n) is 5.88. The lowest BCUT2D eigenvalue weighted by atomic mass is 9.94. The van der Waals surface area contributed by atoms with Gasteiger partial charge in [-0.15, -0.1) is 0 Å². The molecule has 1 aromatic rings. The summed E-state index contributed by atoms with van der Waals surface area (Å²) in [6.07, 6.45) is 2.10. The normalized spacial score (nSPS) is 22.5. The zero-order valence-electron chi connectivity index (χ0n) is 12.6. The fourth-order valence-corrected chi connectivity index (χ4v) is 2.79. The Labute approximate surface area is 115 Å². The first-order valence-corrected chi connectivity index (χ1v) is 6.87. The van der Waals surface area contributed by atoms with E-state index in [9.17, 15) is 0 Å². The number of hydrogen-bond acceptors (Lipinski definition) is 4. The number of aryl methyl sites for hydroxylation is 2. The van der Waals surface area contributed by atoms with Crippen molar-refractivity contribution in [2.75, 3.05) is 13.7 Å². The molecule has 19 heavy (non-hydrogen) atoms. The summed E-state index contributed by atoms with van der Waals surface area (Å²) in [6, 6.07) is 0.494. The van der Waals surface area contributed by atoms with E-state index in [4.69, 9.17) is 9.47 Å². The third-order valence-corrected chi connectivity index (χ3v) is 3.75. The van der Waals surface area contributed by atoms with Gasteiger partial charge in [-0.25, -0.2) is 4.68 Å². The van der Waals surface area contributed by atoms with Gasteiger partial charge in [-0.3, -0.25) is 0 Å². The Morgan fingerprint density at radius 3 is 2.89 bits per heavy atom. The van der Waals surface area contributed by atoms with Crippen LogP contribution in [0.1, 0.15) is 37.9 Å². The molecule has 1 aliphatic heterocycles. The Hall–Kier alpha value is -1.07. The first kappa shape index (κ1) is 14.3. The molecule has 2 rings (SSSR count). The molecule has 1 saturated heterocycles. The fourth-order valence-electron chi connectivity index (χ4n) is 2.79. The van der Waals surface area contributed by atoms with E-state index in [0.29, 0.717) is 6.04 Å². The highest BCUT2D eigenvalue weighted by Crippen LogP contribution is 2.25. The molecule has 0 radical (unpaired) electrons. The summed E-state index contributed by atoms with van der Waals surface area (Å²) < 4.78 is 12.9. The SMILES string of the molecule is COc1c(CNC2CCOC(C)(C)C2)c(C)nn1C. The molecule has 1 unspecified atom stereocenters. The summed E-state index contributed by atoms with van der Waals surface area (Å²) >= 11 is 0. The van der Waals surface area contributed by atoms with E-state index in [1.165, 1.54) is 0 Å². The number of rotatable bonds is 4. The molecular weight excluding hydrogens is 242 g/mol. The van der Waals surface area contributed by atoms with Crippen LogP contribution in [-0.4, -0.2) is 35.1 Å². The highest BCUT2D eigenvalue weighted by atomic mass is 16.5. The predicted octanol–water partition coefficient (Wildman–Crippen LogP) is 1.78. The van der Waals surface area contributed by atoms with Crippen LogP contribution in [0.5, 0.6) is 5.88 Å². The molecule has 0 saturated carbocycles. The van der Waals surface area contributed by atoms with Gasteiger partial charge in [0.15, 0.2) is 0 Å². The number of nitrogens with one attached hydrogen (secondary N) is 1. The maximum absolute atomic E-state index is 5.74. The molecule has 5 heteroatoms. The van der Waals surface area contributed by atoms with Crippen molar-refractivity contribution in [3.05, 3.63) is 11.3 Å². The number of hydrogen-bond donors (Lipinski definition) is 1. The molecule has 0 bridgehead atoms. The summed E-state index contributed by atoms with van der Waals surface area (Å²) in [4.78, 5) is 0.